The zero-order chi connectivity index (χ0) is 9.68. The van der Waals surface area contributed by atoms with Crippen LogP contribution in [0.3, 0.4) is 0 Å². The second-order valence-corrected chi connectivity index (χ2v) is 3.28. The van der Waals surface area contributed by atoms with E-state index >= 15 is 0 Å². The van der Waals surface area contributed by atoms with Gasteiger partial charge in [-0.2, -0.15) is 0 Å². The minimum atomic E-state index is -0.0946. The summed E-state index contributed by atoms with van der Waals surface area (Å²) < 4.78 is 4.89. The summed E-state index contributed by atoms with van der Waals surface area (Å²) >= 11 is 0. The molecule has 0 saturated heterocycles. The van der Waals surface area contributed by atoms with Gasteiger partial charge in [0, 0.05) is 0 Å². The van der Waals surface area contributed by atoms with Crippen molar-refractivity contribution in [2.45, 2.75) is 26.7 Å². The smallest absolute Gasteiger partial charge is 0.306 e. The van der Waals surface area contributed by atoms with Crippen LogP contribution < -0.4 is 0 Å². The van der Waals surface area contributed by atoms with Crippen LogP contribution in [-0.4, -0.2) is 12.6 Å². The fourth-order valence-corrected chi connectivity index (χ4v) is 1.43. The van der Waals surface area contributed by atoms with Crippen LogP contribution in [-0.2, 0) is 9.53 Å². The molecule has 1 rings (SSSR count). The first-order chi connectivity index (χ1) is 6.24. The van der Waals surface area contributed by atoms with Gasteiger partial charge in [0.1, 0.15) is 0 Å². The zero-order valence-corrected chi connectivity index (χ0v) is 8.25. The van der Waals surface area contributed by atoms with Gasteiger partial charge in [0.15, 0.2) is 0 Å². The fraction of sp³-hybridized carbons (Fsp3) is 0.545. The lowest BCUT2D eigenvalue weighted by Gasteiger charge is -2.11. The highest BCUT2D eigenvalue weighted by atomic mass is 16.5. The standard InChI is InChI=1S/C11H16O2/c1-3-13-11(12)8-9(2)10-6-4-5-7-10/h4-6,9H,3,7-8H2,1-2H3/t9-/m0/s1. The summed E-state index contributed by atoms with van der Waals surface area (Å²) in [5, 5.41) is 0. The van der Waals surface area contributed by atoms with Gasteiger partial charge in [0.25, 0.3) is 0 Å². The van der Waals surface area contributed by atoms with Crippen molar-refractivity contribution in [2.24, 2.45) is 5.92 Å². The van der Waals surface area contributed by atoms with Crippen LogP contribution in [0.5, 0.6) is 0 Å². The first-order valence-corrected chi connectivity index (χ1v) is 4.75. The van der Waals surface area contributed by atoms with E-state index in [2.05, 4.69) is 19.1 Å². The predicted octanol–water partition coefficient (Wildman–Crippen LogP) is 2.46. The molecule has 2 nitrogen and oxygen atoms in total. The molecule has 1 atom stereocenters. The number of ether oxygens (including phenoxy) is 1. The molecule has 0 amide bonds. The first-order valence-electron chi connectivity index (χ1n) is 4.75. The lowest BCUT2D eigenvalue weighted by molar-refractivity contribution is -0.143. The van der Waals surface area contributed by atoms with Gasteiger partial charge in [-0.15, -0.1) is 0 Å². The third kappa shape index (κ3) is 3.05. The molecule has 0 aliphatic heterocycles. The zero-order valence-electron chi connectivity index (χ0n) is 8.25. The molecule has 1 aliphatic carbocycles. The Labute approximate surface area is 79.3 Å². The second kappa shape index (κ2) is 4.85. The quantitative estimate of drug-likeness (QED) is 0.621. The normalized spacial score (nSPS) is 16.9. The maximum Gasteiger partial charge on any atom is 0.306 e. The largest absolute Gasteiger partial charge is 0.466 e. The molecule has 0 aromatic carbocycles. The van der Waals surface area contributed by atoms with Crippen molar-refractivity contribution < 1.29 is 9.53 Å². The van der Waals surface area contributed by atoms with Crippen LogP contribution in [0.25, 0.3) is 0 Å². The molecule has 1 aliphatic rings. The third-order valence-electron chi connectivity index (χ3n) is 2.21. The van der Waals surface area contributed by atoms with Crippen molar-refractivity contribution in [2.75, 3.05) is 6.61 Å². The average molecular weight is 180 g/mol. The molecule has 72 valence electrons. The van der Waals surface area contributed by atoms with E-state index in [1.54, 1.807) is 0 Å². The van der Waals surface area contributed by atoms with E-state index in [1.165, 1.54) is 5.57 Å². The Balaban J connectivity index is 2.32. The summed E-state index contributed by atoms with van der Waals surface area (Å²) in [6.07, 6.45) is 7.72. The van der Waals surface area contributed by atoms with E-state index in [0.717, 1.165) is 6.42 Å². The Hall–Kier alpha value is -1.05. The summed E-state index contributed by atoms with van der Waals surface area (Å²) in [4.78, 5) is 11.1. The van der Waals surface area contributed by atoms with Gasteiger partial charge in [0.2, 0.25) is 0 Å². The number of carbonyl (C=O) groups excluding carboxylic acids is 1. The number of carbonyl (C=O) groups is 1. The second-order valence-electron chi connectivity index (χ2n) is 3.28. The van der Waals surface area contributed by atoms with Gasteiger partial charge < -0.3 is 4.74 Å². The van der Waals surface area contributed by atoms with Gasteiger partial charge in [-0.25, -0.2) is 0 Å². The van der Waals surface area contributed by atoms with Gasteiger partial charge in [-0.3, -0.25) is 4.79 Å². The van der Waals surface area contributed by atoms with E-state index in [4.69, 9.17) is 4.74 Å². The molecule has 0 aromatic rings. The topological polar surface area (TPSA) is 26.3 Å². The van der Waals surface area contributed by atoms with Crippen molar-refractivity contribution in [1.82, 2.24) is 0 Å². The molecular formula is C11H16O2. The Morgan fingerprint density at radius 2 is 2.46 bits per heavy atom. The van der Waals surface area contributed by atoms with Crippen molar-refractivity contribution >= 4 is 5.97 Å². The van der Waals surface area contributed by atoms with Crippen LogP contribution in [0.4, 0.5) is 0 Å². The van der Waals surface area contributed by atoms with Gasteiger partial charge >= 0.3 is 5.97 Å². The molecule has 0 heterocycles. The van der Waals surface area contributed by atoms with Gasteiger partial charge in [0.05, 0.1) is 13.0 Å². The third-order valence-corrected chi connectivity index (χ3v) is 2.21. The number of esters is 1. The summed E-state index contributed by atoms with van der Waals surface area (Å²) in [5.74, 6) is 0.219. The van der Waals surface area contributed by atoms with Crippen LogP contribution >= 0.6 is 0 Å². The molecule has 0 radical (unpaired) electrons. The van der Waals surface area contributed by atoms with E-state index in [1.807, 2.05) is 13.0 Å². The Bertz CT molecular complexity index is 238. The lowest BCUT2D eigenvalue weighted by atomic mass is 9.97. The maximum absolute atomic E-state index is 11.1. The molecule has 0 N–H and O–H groups in total. The highest BCUT2D eigenvalue weighted by Gasteiger charge is 2.14. The minimum Gasteiger partial charge on any atom is -0.466 e. The van der Waals surface area contributed by atoms with Crippen molar-refractivity contribution in [1.29, 1.82) is 0 Å². The molecule has 0 unspecified atom stereocenters. The summed E-state index contributed by atoms with van der Waals surface area (Å²) in [7, 11) is 0. The molecule has 13 heavy (non-hydrogen) atoms. The Morgan fingerprint density at radius 1 is 1.69 bits per heavy atom. The van der Waals surface area contributed by atoms with Crippen molar-refractivity contribution in [3.05, 3.63) is 23.8 Å². The SMILES string of the molecule is CCOC(=O)C[C@H](C)C1=CC=CC1. The molecule has 0 fully saturated rings. The van der Waals surface area contributed by atoms with Crippen LogP contribution in [0.15, 0.2) is 23.8 Å². The number of hydrogen-bond acceptors (Lipinski definition) is 2. The highest BCUT2D eigenvalue weighted by Crippen LogP contribution is 2.22. The first kappa shape index (κ1) is 10.0. The predicted molar refractivity (Wildman–Crippen MR) is 52.3 cm³/mol. The molecular weight excluding hydrogens is 164 g/mol. The molecule has 0 saturated carbocycles. The van der Waals surface area contributed by atoms with Crippen LogP contribution in [0.2, 0.25) is 0 Å². The van der Waals surface area contributed by atoms with Crippen LogP contribution in [0, 0.1) is 5.92 Å². The van der Waals surface area contributed by atoms with Crippen molar-refractivity contribution in [3.8, 4) is 0 Å². The number of hydrogen-bond donors (Lipinski definition) is 0. The molecule has 0 bridgehead atoms. The van der Waals surface area contributed by atoms with E-state index in [9.17, 15) is 4.79 Å². The average Bonchev–Trinajstić information content (AvgIpc) is 2.55. The van der Waals surface area contributed by atoms with E-state index in [-0.39, 0.29) is 5.97 Å². The van der Waals surface area contributed by atoms with E-state index in [0.29, 0.717) is 18.9 Å². The summed E-state index contributed by atoms with van der Waals surface area (Å²) in [6, 6.07) is 0. The summed E-state index contributed by atoms with van der Waals surface area (Å²) in [6.45, 7) is 4.37. The highest BCUT2D eigenvalue weighted by molar-refractivity contribution is 5.70. The Morgan fingerprint density at radius 3 is 3.00 bits per heavy atom. The molecule has 2 heteroatoms. The lowest BCUT2D eigenvalue weighted by Crippen LogP contribution is -2.10. The summed E-state index contributed by atoms with van der Waals surface area (Å²) in [5.41, 5.74) is 1.33. The minimum absolute atomic E-state index is 0.0946. The number of allylic oxidation sites excluding steroid dienone is 4. The van der Waals surface area contributed by atoms with Crippen LogP contribution in [0.1, 0.15) is 26.7 Å². The molecule has 0 aromatic heterocycles. The fourth-order valence-electron chi connectivity index (χ4n) is 1.43. The Kier molecular flexibility index (Phi) is 3.74. The maximum atomic E-state index is 11.1. The van der Waals surface area contributed by atoms with Crippen molar-refractivity contribution in [3.63, 3.8) is 0 Å². The number of rotatable bonds is 4. The monoisotopic (exact) mass is 180 g/mol. The van der Waals surface area contributed by atoms with E-state index < -0.39 is 0 Å². The van der Waals surface area contributed by atoms with Gasteiger partial charge in [-0.1, -0.05) is 30.7 Å². The van der Waals surface area contributed by atoms with Gasteiger partial charge in [-0.05, 0) is 19.3 Å². The molecule has 0 spiro atoms.